The topological polar surface area (TPSA) is 62.6 Å². The molecule has 0 aliphatic carbocycles. The van der Waals surface area contributed by atoms with Crippen molar-refractivity contribution >= 4 is 17.5 Å². The van der Waals surface area contributed by atoms with Gasteiger partial charge in [-0.25, -0.2) is 0 Å². The quantitative estimate of drug-likeness (QED) is 0.940. The zero-order valence-electron chi connectivity index (χ0n) is 14.3. The van der Waals surface area contributed by atoms with Gasteiger partial charge in [0, 0.05) is 49.2 Å². The van der Waals surface area contributed by atoms with Gasteiger partial charge in [-0.1, -0.05) is 26.0 Å². The Hall–Kier alpha value is -2.56. The van der Waals surface area contributed by atoms with E-state index in [1.807, 2.05) is 49.1 Å². The second-order valence-corrected chi connectivity index (χ2v) is 6.47. The second kappa shape index (κ2) is 6.51. The summed E-state index contributed by atoms with van der Waals surface area (Å²) in [6, 6.07) is 9.62. The predicted octanol–water partition coefficient (Wildman–Crippen LogP) is 3.45. The Morgan fingerprint density at radius 3 is 2.75 bits per heavy atom. The minimum Gasteiger partial charge on any atom is -0.461 e. The summed E-state index contributed by atoms with van der Waals surface area (Å²) >= 11 is 0. The number of rotatable bonds is 3. The van der Waals surface area contributed by atoms with E-state index in [1.165, 1.54) is 0 Å². The van der Waals surface area contributed by atoms with Crippen LogP contribution in [0, 0.1) is 5.92 Å². The molecule has 0 spiro atoms. The first-order valence-corrected chi connectivity index (χ1v) is 8.22. The third-order valence-electron chi connectivity index (χ3n) is 4.25. The van der Waals surface area contributed by atoms with Crippen LogP contribution in [0.5, 0.6) is 0 Å². The predicted molar refractivity (Wildman–Crippen MR) is 92.4 cm³/mol. The maximum atomic E-state index is 11.8. The molecule has 0 radical (unpaired) electrons. The maximum Gasteiger partial charge on any atom is 0.226 e. The van der Waals surface area contributed by atoms with E-state index in [4.69, 9.17) is 4.42 Å². The summed E-state index contributed by atoms with van der Waals surface area (Å²) in [4.78, 5) is 25.2. The number of carbonyl (C=O) groups is 2. The summed E-state index contributed by atoms with van der Waals surface area (Å²) in [6.45, 7) is 6.60. The van der Waals surface area contributed by atoms with Crippen molar-refractivity contribution in [2.24, 2.45) is 5.92 Å². The lowest BCUT2D eigenvalue weighted by molar-refractivity contribution is -0.129. The van der Waals surface area contributed by atoms with Crippen molar-refractivity contribution < 1.29 is 14.0 Å². The number of benzene rings is 1. The van der Waals surface area contributed by atoms with E-state index in [9.17, 15) is 9.59 Å². The van der Waals surface area contributed by atoms with Crippen LogP contribution in [0.3, 0.4) is 0 Å². The first kappa shape index (κ1) is 16.3. The minimum absolute atomic E-state index is 0.0111. The van der Waals surface area contributed by atoms with E-state index in [0.29, 0.717) is 13.1 Å². The summed E-state index contributed by atoms with van der Waals surface area (Å²) in [5.41, 5.74) is 2.73. The Morgan fingerprint density at radius 1 is 1.25 bits per heavy atom. The van der Waals surface area contributed by atoms with Gasteiger partial charge >= 0.3 is 0 Å². The van der Waals surface area contributed by atoms with E-state index in [2.05, 4.69) is 5.32 Å². The van der Waals surface area contributed by atoms with Gasteiger partial charge in [0.25, 0.3) is 0 Å². The zero-order valence-corrected chi connectivity index (χ0v) is 14.3. The first-order valence-electron chi connectivity index (χ1n) is 8.22. The highest BCUT2D eigenvalue weighted by atomic mass is 16.3. The van der Waals surface area contributed by atoms with Crippen LogP contribution in [0.1, 0.15) is 32.1 Å². The van der Waals surface area contributed by atoms with Crippen LogP contribution in [0.4, 0.5) is 5.69 Å². The highest BCUT2D eigenvalue weighted by molar-refractivity contribution is 5.92. The average Bonchev–Trinajstić information content (AvgIpc) is 2.98. The number of nitrogens with one attached hydrogen (secondary N) is 1. The fourth-order valence-electron chi connectivity index (χ4n) is 2.78. The van der Waals surface area contributed by atoms with Crippen molar-refractivity contribution in [1.82, 2.24) is 4.90 Å². The standard InChI is InChI=1S/C19H22N2O3/c1-12(2)19(23)20-16-6-4-5-14(9-16)18-10-15-11-21(13(3)22)8-7-17(15)24-18/h4-6,9-10,12H,7-8,11H2,1-3H3,(H,20,23). The molecule has 2 amide bonds. The van der Waals surface area contributed by atoms with Crippen molar-refractivity contribution in [3.05, 3.63) is 41.7 Å². The summed E-state index contributed by atoms with van der Waals surface area (Å²) in [5, 5.41) is 2.90. The van der Waals surface area contributed by atoms with Crippen molar-refractivity contribution in [2.45, 2.75) is 33.7 Å². The van der Waals surface area contributed by atoms with Crippen LogP contribution >= 0.6 is 0 Å². The fourth-order valence-corrected chi connectivity index (χ4v) is 2.78. The Labute approximate surface area is 141 Å². The van der Waals surface area contributed by atoms with E-state index in [-0.39, 0.29) is 17.7 Å². The molecule has 24 heavy (non-hydrogen) atoms. The van der Waals surface area contributed by atoms with Gasteiger partial charge < -0.3 is 14.6 Å². The fraction of sp³-hybridized carbons (Fsp3) is 0.368. The van der Waals surface area contributed by atoms with Crippen molar-refractivity contribution in [3.63, 3.8) is 0 Å². The molecule has 0 saturated heterocycles. The van der Waals surface area contributed by atoms with Crippen LogP contribution in [0.25, 0.3) is 11.3 Å². The van der Waals surface area contributed by atoms with Crippen LogP contribution in [0.15, 0.2) is 34.7 Å². The number of nitrogens with zero attached hydrogens (tertiary/aromatic N) is 1. The highest BCUT2D eigenvalue weighted by Gasteiger charge is 2.22. The third-order valence-corrected chi connectivity index (χ3v) is 4.25. The molecule has 0 saturated carbocycles. The molecular weight excluding hydrogens is 304 g/mol. The number of furan rings is 1. The number of amides is 2. The molecular formula is C19H22N2O3. The molecule has 5 nitrogen and oxygen atoms in total. The van der Waals surface area contributed by atoms with Crippen LogP contribution in [-0.2, 0) is 22.6 Å². The van der Waals surface area contributed by atoms with E-state index >= 15 is 0 Å². The summed E-state index contributed by atoms with van der Waals surface area (Å²) in [7, 11) is 0. The monoisotopic (exact) mass is 326 g/mol. The molecule has 0 bridgehead atoms. The van der Waals surface area contributed by atoms with Gasteiger partial charge in [-0.15, -0.1) is 0 Å². The van der Waals surface area contributed by atoms with E-state index in [1.54, 1.807) is 6.92 Å². The first-order chi connectivity index (χ1) is 11.4. The van der Waals surface area contributed by atoms with Crippen molar-refractivity contribution in [1.29, 1.82) is 0 Å². The molecule has 1 N–H and O–H groups in total. The van der Waals surface area contributed by atoms with Gasteiger partial charge in [0.15, 0.2) is 0 Å². The molecule has 3 rings (SSSR count). The number of fused-ring (bicyclic) bond motifs is 1. The van der Waals surface area contributed by atoms with E-state index < -0.39 is 0 Å². The molecule has 0 atom stereocenters. The molecule has 0 unspecified atom stereocenters. The van der Waals surface area contributed by atoms with Crippen LogP contribution in [-0.4, -0.2) is 23.3 Å². The highest BCUT2D eigenvalue weighted by Crippen LogP contribution is 2.30. The van der Waals surface area contributed by atoms with Gasteiger partial charge in [-0.05, 0) is 18.2 Å². The lowest BCUT2D eigenvalue weighted by atomic mass is 10.1. The van der Waals surface area contributed by atoms with Crippen LogP contribution < -0.4 is 5.32 Å². The molecule has 1 aromatic heterocycles. The van der Waals surface area contributed by atoms with Gasteiger partial charge in [0.05, 0.1) is 0 Å². The summed E-state index contributed by atoms with van der Waals surface area (Å²) < 4.78 is 5.98. The molecule has 2 heterocycles. The number of carbonyl (C=O) groups excluding carboxylic acids is 2. The average molecular weight is 326 g/mol. The van der Waals surface area contributed by atoms with Crippen molar-refractivity contribution in [2.75, 3.05) is 11.9 Å². The number of hydrogen-bond acceptors (Lipinski definition) is 3. The van der Waals surface area contributed by atoms with E-state index in [0.717, 1.165) is 34.8 Å². The molecule has 2 aromatic rings. The molecule has 1 aliphatic rings. The van der Waals surface area contributed by atoms with Crippen molar-refractivity contribution in [3.8, 4) is 11.3 Å². The number of hydrogen-bond donors (Lipinski definition) is 1. The SMILES string of the molecule is CC(=O)N1CCc2oc(-c3cccc(NC(=O)C(C)C)c3)cc2C1. The molecule has 1 aromatic carbocycles. The Kier molecular flexibility index (Phi) is 4.42. The maximum absolute atomic E-state index is 11.8. The second-order valence-electron chi connectivity index (χ2n) is 6.47. The van der Waals surface area contributed by atoms with Crippen LogP contribution in [0.2, 0.25) is 0 Å². The lowest BCUT2D eigenvalue weighted by Crippen LogP contribution is -2.33. The molecule has 1 aliphatic heterocycles. The molecule has 126 valence electrons. The summed E-state index contributed by atoms with van der Waals surface area (Å²) in [5.74, 6) is 1.72. The number of anilines is 1. The molecule has 5 heteroatoms. The largest absolute Gasteiger partial charge is 0.461 e. The van der Waals surface area contributed by atoms with Gasteiger partial charge in [0.1, 0.15) is 11.5 Å². The third kappa shape index (κ3) is 3.35. The Morgan fingerprint density at radius 2 is 2.04 bits per heavy atom. The van der Waals surface area contributed by atoms with Gasteiger partial charge in [-0.3, -0.25) is 9.59 Å². The smallest absolute Gasteiger partial charge is 0.226 e. The normalized spacial score (nSPS) is 13.8. The Balaban J connectivity index is 1.83. The zero-order chi connectivity index (χ0) is 17.3. The summed E-state index contributed by atoms with van der Waals surface area (Å²) in [6.07, 6.45) is 0.735. The lowest BCUT2D eigenvalue weighted by Gasteiger charge is -2.24. The minimum atomic E-state index is -0.0675. The van der Waals surface area contributed by atoms with Gasteiger partial charge in [-0.2, -0.15) is 0 Å². The molecule has 0 fully saturated rings. The Bertz CT molecular complexity index is 777. The van der Waals surface area contributed by atoms with Gasteiger partial charge in [0.2, 0.25) is 11.8 Å².